The van der Waals surface area contributed by atoms with Gasteiger partial charge < -0.3 is 19.7 Å². The van der Waals surface area contributed by atoms with Crippen LogP contribution in [0.5, 0.6) is 11.5 Å². The third-order valence-corrected chi connectivity index (χ3v) is 6.58. The SMILES string of the molecule is CCOc1ccc(NC(=O)CN(C)C(=O)c2ccc(SCc3csc(C)n3)cc2)cc1OCC. The average molecular weight is 500 g/mol. The van der Waals surface area contributed by atoms with Gasteiger partial charge in [-0.3, -0.25) is 9.59 Å². The van der Waals surface area contributed by atoms with Gasteiger partial charge in [-0.25, -0.2) is 4.98 Å². The van der Waals surface area contributed by atoms with Crippen LogP contribution in [0, 0.1) is 6.92 Å². The van der Waals surface area contributed by atoms with Crippen LogP contribution in [0.4, 0.5) is 5.69 Å². The van der Waals surface area contributed by atoms with E-state index in [4.69, 9.17) is 9.47 Å². The molecule has 2 aromatic carbocycles. The minimum absolute atomic E-state index is 0.0737. The molecule has 7 nitrogen and oxygen atoms in total. The molecule has 0 atom stereocenters. The van der Waals surface area contributed by atoms with Crippen molar-refractivity contribution in [3.8, 4) is 11.5 Å². The molecule has 1 heterocycles. The molecule has 180 valence electrons. The summed E-state index contributed by atoms with van der Waals surface area (Å²) in [6.07, 6.45) is 0. The van der Waals surface area contributed by atoms with Gasteiger partial charge in [-0.05, 0) is 57.2 Å². The van der Waals surface area contributed by atoms with E-state index in [-0.39, 0.29) is 18.4 Å². The van der Waals surface area contributed by atoms with Crippen molar-refractivity contribution in [2.24, 2.45) is 0 Å². The molecule has 2 amide bonds. The number of likely N-dealkylation sites (N-methyl/N-ethyl adjacent to an activating group) is 1. The Bertz CT molecular complexity index is 1120. The summed E-state index contributed by atoms with van der Waals surface area (Å²) in [5.74, 6) is 1.46. The van der Waals surface area contributed by atoms with Crippen LogP contribution in [-0.4, -0.2) is 48.5 Å². The van der Waals surface area contributed by atoms with E-state index >= 15 is 0 Å². The van der Waals surface area contributed by atoms with Gasteiger partial charge in [0.25, 0.3) is 5.91 Å². The largest absolute Gasteiger partial charge is 0.490 e. The smallest absolute Gasteiger partial charge is 0.254 e. The summed E-state index contributed by atoms with van der Waals surface area (Å²) >= 11 is 3.31. The van der Waals surface area contributed by atoms with E-state index in [1.54, 1.807) is 60.5 Å². The maximum Gasteiger partial charge on any atom is 0.254 e. The molecular weight excluding hydrogens is 470 g/mol. The Labute approximate surface area is 208 Å². The van der Waals surface area contributed by atoms with E-state index in [1.165, 1.54) is 4.90 Å². The van der Waals surface area contributed by atoms with Crippen molar-refractivity contribution in [1.82, 2.24) is 9.88 Å². The molecule has 0 spiro atoms. The van der Waals surface area contributed by atoms with E-state index in [0.717, 1.165) is 21.3 Å². The monoisotopic (exact) mass is 499 g/mol. The van der Waals surface area contributed by atoms with Gasteiger partial charge in [0, 0.05) is 40.4 Å². The molecule has 0 fully saturated rings. The minimum Gasteiger partial charge on any atom is -0.490 e. The number of thioether (sulfide) groups is 1. The number of benzene rings is 2. The fourth-order valence-corrected chi connectivity index (χ4v) is 4.67. The second-order valence-corrected chi connectivity index (χ2v) is 9.52. The van der Waals surface area contributed by atoms with Crippen LogP contribution in [0.15, 0.2) is 52.7 Å². The maximum atomic E-state index is 12.8. The molecule has 0 saturated carbocycles. The molecule has 3 aromatic rings. The van der Waals surface area contributed by atoms with Gasteiger partial charge in [-0.1, -0.05) is 0 Å². The standard InChI is InChI=1S/C25H29N3O4S2/c1-5-31-22-12-9-19(13-23(22)32-6-2)27-24(29)14-28(4)25(30)18-7-10-21(11-8-18)34-16-20-15-33-17(3)26-20/h7-13,15H,5-6,14,16H2,1-4H3,(H,27,29). The number of amides is 2. The average Bonchev–Trinajstić information content (AvgIpc) is 3.24. The number of carbonyl (C=O) groups is 2. The lowest BCUT2D eigenvalue weighted by Crippen LogP contribution is -2.34. The first kappa shape index (κ1) is 25.6. The molecule has 0 aliphatic carbocycles. The van der Waals surface area contributed by atoms with Gasteiger partial charge in [0.2, 0.25) is 5.91 Å². The van der Waals surface area contributed by atoms with E-state index < -0.39 is 0 Å². The summed E-state index contributed by atoms with van der Waals surface area (Å²) in [6, 6.07) is 12.6. The second-order valence-electron chi connectivity index (χ2n) is 7.41. The summed E-state index contributed by atoms with van der Waals surface area (Å²) < 4.78 is 11.1. The van der Waals surface area contributed by atoms with Crippen LogP contribution in [-0.2, 0) is 10.5 Å². The fraction of sp³-hybridized carbons (Fsp3) is 0.320. The zero-order valence-electron chi connectivity index (χ0n) is 19.8. The number of hydrogen-bond acceptors (Lipinski definition) is 7. The van der Waals surface area contributed by atoms with Crippen molar-refractivity contribution in [3.63, 3.8) is 0 Å². The molecule has 1 N–H and O–H groups in total. The summed E-state index contributed by atoms with van der Waals surface area (Å²) in [6.45, 7) is 6.70. The van der Waals surface area contributed by atoms with Crippen molar-refractivity contribution in [1.29, 1.82) is 0 Å². The number of aromatic nitrogens is 1. The number of nitrogens with one attached hydrogen (secondary N) is 1. The second kappa shape index (κ2) is 12.4. The van der Waals surface area contributed by atoms with Crippen molar-refractivity contribution in [2.45, 2.75) is 31.4 Å². The number of thiazole rings is 1. The number of rotatable bonds is 11. The molecule has 9 heteroatoms. The summed E-state index contributed by atoms with van der Waals surface area (Å²) in [7, 11) is 1.61. The molecular formula is C25H29N3O4S2. The fourth-order valence-electron chi connectivity index (χ4n) is 3.16. The first-order valence-electron chi connectivity index (χ1n) is 11.0. The predicted molar refractivity (Wildman–Crippen MR) is 137 cm³/mol. The maximum absolute atomic E-state index is 12.8. The minimum atomic E-state index is -0.298. The molecule has 0 unspecified atom stereocenters. The van der Waals surface area contributed by atoms with Crippen LogP contribution in [0.1, 0.15) is 34.9 Å². The summed E-state index contributed by atoms with van der Waals surface area (Å²) in [5, 5.41) is 5.93. The molecule has 0 radical (unpaired) electrons. The van der Waals surface area contributed by atoms with Crippen molar-refractivity contribution in [2.75, 3.05) is 32.1 Å². The zero-order valence-corrected chi connectivity index (χ0v) is 21.4. The van der Waals surface area contributed by atoms with Crippen molar-refractivity contribution >= 4 is 40.6 Å². The lowest BCUT2D eigenvalue weighted by atomic mass is 10.2. The number of ether oxygens (including phenoxy) is 2. The van der Waals surface area contributed by atoms with E-state index in [0.29, 0.717) is 36.0 Å². The van der Waals surface area contributed by atoms with E-state index in [1.807, 2.05) is 32.9 Å². The highest BCUT2D eigenvalue weighted by Gasteiger charge is 2.16. The van der Waals surface area contributed by atoms with Gasteiger partial charge in [0.15, 0.2) is 11.5 Å². The number of hydrogen-bond donors (Lipinski definition) is 1. The van der Waals surface area contributed by atoms with Crippen molar-refractivity contribution in [3.05, 3.63) is 64.1 Å². The Morgan fingerprint density at radius 2 is 1.76 bits per heavy atom. The quantitative estimate of drug-likeness (QED) is 0.363. The Kier molecular flexibility index (Phi) is 9.35. The molecule has 3 rings (SSSR count). The molecule has 0 aliphatic heterocycles. The number of aryl methyl sites for hydroxylation is 1. The Morgan fingerprint density at radius 3 is 2.41 bits per heavy atom. The van der Waals surface area contributed by atoms with Gasteiger partial charge in [-0.2, -0.15) is 0 Å². The molecule has 0 aliphatic rings. The Morgan fingerprint density at radius 1 is 1.06 bits per heavy atom. The van der Waals surface area contributed by atoms with Crippen molar-refractivity contribution < 1.29 is 19.1 Å². The summed E-state index contributed by atoms with van der Waals surface area (Å²) in [4.78, 5) is 32.2. The highest BCUT2D eigenvalue weighted by Crippen LogP contribution is 2.30. The van der Waals surface area contributed by atoms with E-state index in [2.05, 4.69) is 15.7 Å². The lowest BCUT2D eigenvalue weighted by molar-refractivity contribution is -0.116. The topological polar surface area (TPSA) is 80.8 Å². The predicted octanol–water partition coefficient (Wildman–Crippen LogP) is 5.25. The van der Waals surface area contributed by atoms with Crippen LogP contribution in [0.25, 0.3) is 0 Å². The number of nitrogens with zero attached hydrogens (tertiary/aromatic N) is 2. The zero-order chi connectivity index (χ0) is 24.5. The Hall–Kier alpha value is -3.04. The highest BCUT2D eigenvalue weighted by atomic mass is 32.2. The lowest BCUT2D eigenvalue weighted by Gasteiger charge is -2.18. The highest BCUT2D eigenvalue weighted by molar-refractivity contribution is 7.98. The molecule has 0 bridgehead atoms. The van der Waals surface area contributed by atoms with Crippen LogP contribution < -0.4 is 14.8 Å². The van der Waals surface area contributed by atoms with Crippen LogP contribution in [0.2, 0.25) is 0 Å². The third-order valence-electron chi connectivity index (χ3n) is 4.71. The molecule has 34 heavy (non-hydrogen) atoms. The van der Waals surface area contributed by atoms with Crippen LogP contribution >= 0.6 is 23.1 Å². The van der Waals surface area contributed by atoms with Gasteiger partial charge in [0.05, 0.1) is 30.5 Å². The molecule has 1 aromatic heterocycles. The molecule has 0 saturated heterocycles. The van der Waals surface area contributed by atoms with Gasteiger partial charge >= 0.3 is 0 Å². The van der Waals surface area contributed by atoms with Gasteiger partial charge in [-0.15, -0.1) is 23.1 Å². The Balaban J connectivity index is 1.54. The number of carbonyl (C=O) groups excluding carboxylic acids is 2. The van der Waals surface area contributed by atoms with Crippen LogP contribution in [0.3, 0.4) is 0 Å². The van der Waals surface area contributed by atoms with Gasteiger partial charge in [0.1, 0.15) is 0 Å². The summed E-state index contributed by atoms with van der Waals surface area (Å²) in [5.41, 5.74) is 2.16. The van der Waals surface area contributed by atoms with E-state index in [9.17, 15) is 9.59 Å². The third kappa shape index (κ3) is 7.23. The normalized spacial score (nSPS) is 10.6. The first-order valence-corrected chi connectivity index (χ1v) is 12.8. The number of anilines is 1. The first-order chi connectivity index (χ1) is 16.4.